The molecule has 3 heteroatoms. The molecule has 1 atom stereocenters. The summed E-state index contributed by atoms with van der Waals surface area (Å²) in [6.45, 7) is 4.38. The van der Waals surface area contributed by atoms with E-state index in [0.29, 0.717) is 5.92 Å². The van der Waals surface area contributed by atoms with Crippen LogP contribution in [0, 0.1) is 5.92 Å². The van der Waals surface area contributed by atoms with Crippen LogP contribution in [0.4, 0.5) is 0 Å². The molecule has 0 bridgehead atoms. The van der Waals surface area contributed by atoms with Gasteiger partial charge < -0.3 is 5.11 Å². The van der Waals surface area contributed by atoms with Crippen molar-refractivity contribution >= 4 is 23.4 Å². The molecule has 0 aromatic heterocycles. The smallest absolute Gasteiger partial charge is 0.0636 e. The van der Waals surface area contributed by atoms with Gasteiger partial charge in [0.2, 0.25) is 0 Å². The van der Waals surface area contributed by atoms with E-state index in [1.165, 1.54) is 0 Å². The molecule has 0 radical (unpaired) electrons. The summed E-state index contributed by atoms with van der Waals surface area (Å²) in [5, 5.41) is 10.7. The van der Waals surface area contributed by atoms with Gasteiger partial charge >= 0.3 is 0 Å². The third-order valence-electron chi connectivity index (χ3n) is 3.02. The molecule has 96 valence electrons. The first-order valence-corrected chi connectivity index (χ1v) is 7.58. The second kappa shape index (κ2) is 8.02. The predicted molar refractivity (Wildman–Crippen MR) is 76.9 cm³/mol. The molecule has 0 aliphatic rings. The molecule has 1 aromatic rings. The number of halogens is 1. The molecule has 1 unspecified atom stereocenters. The highest BCUT2D eigenvalue weighted by molar-refractivity contribution is 7.99. The van der Waals surface area contributed by atoms with Crippen molar-refractivity contribution in [3.05, 3.63) is 29.3 Å². The van der Waals surface area contributed by atoms with Crippen LogP contribution in [0.2, 0.25) is 5.02 Å². The summed E-state index contributed by atoms with van der Waals surface area (Å²) in [5.41, 5.74) is 0. The molecule has 0 amide bonds. The molecule has 1 N–H and O–H groups in total. The first kappa shape index (κ1) is 14.9. The third-order valence-corrected chi connectivity index (χ3v) is 4.43. The Kier molecular flexibility index (Phi) is 7.02. The van der Waals surface area contributed by atoms with Crippen molar-refractivity contribution in [3.63, 3.8) is 0 Å². The van der Waals surface area contributed by atoms with E-state index in [9.17, 15) is 5.11 Å². The normalized spacial score (nSPS) is 13.0. The van der Waals surface area contributed by atoms with Crippen LogP contribution in [0.5, 0.6) is 0 Å². The largest absolute Gasteiger partial charge is 0.392 e. The first-order valence-electron chi connectivity index (χ1n) is 6.22. The van der Waals surface area contributed by atoms with Gasteiger partial charge in [0.1, 0.15) is 0 Å². The van der Waals surface area contributed by atoms with Crippen molar-refractivity contribution in [3.8, 4) is 0 Å². The minimum atomic E-state index is -0.208. The molecule has 0 aliphatic heterocycles. The van der Waals surface area contributed by atoms with Gasteiger partial charge in [-0.15, -0.1) is 11.8 Å². The van der Waals surface area contributed by atoms with Gasteiger partial charge in [-0.2, -0.15) is 0 Å². The topological polar surface area (TPSA) is 20.2 Å². The lowest BCUT2D eigenvalue weighted by Gasteiger charge is -2.16. The van der Waals surface area contributed by atoms with Crippen LogP contribution < -0.4 is 0 Å². The Bertz CT molecular complexity index is 309. The van der Waals surface area contributed by atoms with Crippen molar-refractivity contribution < 1.29 is 5.11 Å². The van der Waals surface area contributed by atoms with E-state index >= 15 is 0 Å². The highest BCUT2D eigenvalue weighted by Crippen LogP contribution is 2.23. The lowest BCUT2D eigenvalue weighted by atomic mass is 9.97. The summed E-state index contributed by atoms with van der Waals surface area (Å²) in [7, 11) is 0. The van der Waals surface area contributed by atoms with Gasteiger partial charge in [-0.1, -0.05) is 38.3 Å². The van der Waals surface area contributed by atoms with Gasteiger partial charge in [-0.3, -0.25) is 0 Å². The minimum Gasteiger partial charge on any atom is -0.392 e. The third kappa shape index (κ3) is 5.80. The second-order valence-electron chi connectivity index (χ2n) is 4.34. The highest BCUT2D eigenvalue weighted by Gasteiger charge is 2.11. The zero-order valence-corrected chi connectivity index (χ0v) is 12.1. The lowest BCUT2D eigenvalue weighted by molar-refractivity contribution is 0.161. The molecule has 0 spiro atoms. The van der Waals surface area contributed by atoms with E-state index in [-0.39, 0.29) is 6.10 Å². The Labute approximate surface area is 114 Å². The molecule has 17 heavy (non-hydrogen) atoms. The standard InChI is InChI=1S/C14H21ClOS/c1-3-11(4-2)9-13(16)10-17-14-7-5-12(15)6-8-14/h5-8,11,13,16H,3-4,9-10H2,1-2H3. The Morgan fingerprint density at radius 3 is 2.29 bits per heavy atom. The Morgan fingerprint density at radius 2 is 1.76 bits per heavy atom. The molecule has 0 heterocycles. The average molecular weight is 273 g/mol. The quantitative estimate of drug-likeness (QED) is 0.731. The Morgan fingerprint density at radius 1 is 1.18 bits per heavy atom. The fourth-order valence-corrected chi connectivity index (χ4v) is 2.77. The van der Waals surface area contributed by atoms with E-state index < -0.39 is 0 Å². The first-order chi connectivity index (χ1) is 8.15. The van der Waals surface area contributed by atoms with Crippen LogP contribution in [0.1, 0.15) is 33.1 Å². The van der Waals surface area contributed by atoms with Crippen LogP contribution in [0.25, 0.3) is 0 Å². The summed E-state index contributed by atoms with van der Waals surface area (Å²) < 4.78 is 0. The fourth-order valence-electron chi connectivity index (χ4n) is 1.80. The number of aliphatic hydroxyl groups is 1. The molecule has 0 aliphatic carbocycles. The summed E-state index contributed by atoms with van der Waals surface area (Å²) in [5.74, 6) is 1.41. The Balaban J connectivity index is 2.32. The number of hydrogen-bond acceptors (Lipinski definition) is 2. The zero-order valence-electron chi connectivity index (χ0n) is 10.5. The summed E-state index contributed by atoms with van der Waals surface area (Å²) in [4.78, 5) is 1.16. The summed E-state index contributed by atoms with van der Waals surface area (Å²) >= 11 is 7.51. The Hall–Kier alpha value is -0.180. The molecular formula is C14H21ClOS. The van der Waals surface area contributed by atoms with Gasteiger partial charge in [0, 0.05) is 15.7 Å². The highest BCUT2D eigenvalue weighted by atomic mass is 35.5. The van der Waals surface area contributed by atoms with E-state index in [2.05, 4.69) is 13.8 Å². The van der Waals surface area contributed by atoms with Crippen molar-refractivity contribution in [2.45, 2.75) is 44.1 Å². The lowest BCUT2D eigenvalue weighted by Crippen LogP contribution is -2.15. The molecule has 0 fully saturated rings. The number of thioether (sulfide) groups is 1. The maximum absolute atomic E-state index is 9.95. The van der Waals surface area contributed by atoms with Crippen LogP contribution in [-0.4, -0.2) is 17.0 Å². The van der Waals surface area contributed by atoms with E-state index in [4.69, 9.17) is 11.6 Å². The van der Waals surface area contributed by atoms with Crippen molar-refractivity contribution in [1.82, 2.24) is 0 Å². The van der Waals surface area contributed by atoms with Crippen LogP contribution in [-0.2, 0) is 0 Å². The monoisotopic (exact) mass is 272 g/mol. The molecule has 1 aromatic carbocycles. The molecule has 0 saturated carbocycles. The summed E-state index contributed by atoms with van der Waals surface area (Å²) in [6.07, 6.45) is 3.01. The SMILES string of the molecule is CCC(CC)CC(O)CSc1ccc(Cl)cc1. The van der Waals surface area contributed by atoms with Gasteiger partial charge in [0.05, 0.1) is 6.10 Å². The van der Waals surface area contributed by atoms with Crippen molar-refractivity contribution in [1.29, 1.82) is 0 Å². The molecule has 1 rings (SSSR count). The molecule has 0 saturated heterocycles. The number of benzene rings is 1. The van der Waals surface area contributed by atoms with Gasteiger partial charge in [0.15, 0.2) is 0 Å². The van der Waals surface area contributed by atoms with Crippen molar-refractivity contribution in [2.75, 3.05) is 5.75 Å². The van der Waals surface area contributed by atoms with Gasteiger partial charge in [0.25, 0.3) is 0 Å². The maximum atomic E-state index is 9.95. The number of hydrogen-bond donors (Lipinski definition) is 1. The number of rotatable bonds is 7. The van der Waals surface area contributed by atoms with E-state index in [0.717, 1.165) is 34.9 Å². The fraction of sp³-hybridized carbons (Fsp3) is 0.571. The van der Waals surface area contributed by atoms with E-state index in [1.54, 1.807) is 11.8 Å². The van der Waals surface area contributed by atoms with Crippen molar-refractivity contribution in [2.24, 2.45) is 5.92 Å². The van der Waals surface area contributed by atoms with Crippen LogP contribution in [0.15, 0.2) is 29.2 Å². The van der Waals surface area contributed by atoms with Crippen LogP contribution in [0.3, 0.4) is 0 Å². The van der Waals surface area contributed by atoms with Gasteiger partial charge in [-0.05, 0) is 36.6 Å². The predicted octanol–water partition coefficient (Wildman–Crippen LogP) is 4.62. The summed E-state index contributed by atoms with van der Waals surface area (Å²) in [6, 6.07) is 7.77. The average Bonchev–Trinajstić information content (AvgIpc) is 2.35. The molecular weight excluding hydrogens is 252 g/mol. The molecule has 1 nitrogen and oxygen atoms in total. The van der Waals surface area contributed by atoms with E-state index in [1.807, 2.05) is 24.3 Å². The second-order valence-corrected chi connectivity index (χ2v) is 5.87. The zero-order chi connectivity index (χ0) is 12.7. The minimum absolute atomic E-state index is 0.208. The van der Waals surface area contributed by atoms with Gasteiger partial charge in [-0.25, -0.2) is 0 Å². The van der Waals surface area contributed by atoms with Crippen LogP contribution >= 0.6 is 23.4 Å². The number of aliphatic hydroxyl groups excluding tert-OH is 1. The maximum Gasteiger partial charge on any atom is 0.0636 e.